The number of fused-ring (bicyclic) bond motifs is 1. The summed E-state index contributed by atoms with van der Waals surface area (Å²) in [7, 11) is -7.67. The highest BCUT2D eigenvalue weighted by molar-refractivity contribution is 9.10. The number of nitrogens with one attached hydrogen (secondary N) is 1. The Morgan fingerprint density at radius 3 is 2.43 bits per heavy atom. The number of hydrogen-bond donors (Lipinski definition) is 1. The lowest BCUT2D eigenvalue weighted by molar-refractivity contribution is 0.316. The molecule has 0 saturated carbocycles. The number of aromatic nitrogens is 4. The number of nitrogens with zero attached hydrogens (tertiary/aromatic N) is 5. The largest absolute Gasteiger partial charge is 0.366 e. The summed E-state index contributed by atoms with van der Waals surface area (Å²) in [5.74, 6) is 0.800. The molecule has 1 aliphatic rings. The van der Waals surface area contributed by atoms with Gasteiger partial charge in [0.25, 0.3) is 0 Å². The quantitative estimate of drug-likeness (QED) is 0.340. The fourth-order valence-corrected chi connectivity index (χ4v) is 7.91. The summed E-state index contributed by atoms with van der Waals surface area (Å²) < 4.78 is 55.0. The molecule has 4 aromatic rings. The number of pyridine rings is 1. The van der Waals surface area contributed by atoms with Crippen LogP contribution in [-0.4, -0.2) is 60.1 Å². The minimum absolute atomic E-state index is 0.0299. The fourth-order valence-electron chi connectivity index (χ4n) is 4.49. The van der Waals surface area contributed by atoms with Gasteiger partial charge in [0.05, 0.1) is 15.6 Å². The van der Waals surface area contributed by atoms with Crippen molar-refractivity contribution in [3.05, 3.63) is 76.8 Å². The van der Waals surface area contributed by atoms with Crippen molar-refractivity contribution < 1.29 is 16.8 Å². The summed E-state index contributed by atoms with van der Waals surface area (Å²) in [6, 6.07) is 11.6. The molecule has 1 aromatic carbocycles. The summed E-state index contributed by atoms with van der Waals surface area (Å²) in [6.07, 6.45) is 7.33. The average molecular weight is 606 g/mol. The van der Waals surface area contributed by atoms with Crippen molar-refractivity contribution in [2.75, 3.05) is 24.7 Å². The van der Waals surface area contributed by atoms with Gasteiger partial charge in [-0.2, -0.15) is 13.9 Å². The molecule has 0 unspecified atom stereocenters. The van der Waals surface area contributed by atoms with Gasteiger partial charge in [-0.25, -0.2) is 21.8 Å². The Bertz CT molecular complexity index is 1650. The number of piperidine rings is 1. The van der Waals surface area contributed by atoms with Crippen LogP contribution in [0.3, 0.4) is 0 Å². The van der Waals surface area contributed by atoms with Crippen LogP contribution in [0.1, 0.15) is 30.0 Å². The Morgan fingerprint density at radius 1 is 1.03 bits per heavy atom. The van der Waals surface area contributed by atoms with Gasteiger partial charge in [-0.15, -0.1) is 0 Å². The number of hydrogen-bond acceptors (Lipinski definition) is 8. The molecule has 3 aromatic heterocycles. The minimum atomic E-state index is -3.97. The minimum Gasteiger partial charge on any atom is -0.366 e. The molecule has 0 atom stereocenters. The van der Waals surface area contributed by atoms with Crippen LogP contribution in [0.15, 0.2) is 75.3 Å². The van der Waals surface area contributed by atoms with Crippen molar-refractivity contribution in [2.45, 2.75) is 35.1 Å². The highest BCUT2D eigenvalue weighted by Gasteiger charge is 2.33. The molecule has 194 valence electrons. The number of benzene rings is 1. The molecule has 0 radical (unpaired) electrons. The van der Waals surface area contributed by atoms with E-state index in [4.69, 9.17) is 4.98 Å². The van der Waals surface area contributed by atoms with Gasteiger partial charge < -0.3 is 5.32 Å². The zero-order chi connectivity index (χ0) is 26.2. The van der Waals surface area contributed by atoms with Gasteiger partial charge in [-0.05, 0) is 52.5 Å². The zero-order valence-electron chi connectivity index (χ0n) is 19.9. The first-order valence-electron chi connectivity index (χ1n) is 11.6. The van der Waals surface area contributed by atoms with E-state index in [2.05, 4.69) is 31.3 Å². The first-order valence-corrected chi connectivity index (χ1v) is 15.7. The predicted octanol–water partition coefficient (Wildman–Crippen LogP) is 3.47. The maximum Gasteiger partial charge on any atom is 0.244 e. The van der Waals surface area contributed by atoms with Crippen molar-refractivity contribution in [3.63, 3.8) is 0 Å². The molecule has 0 spiro atoms. The summed E-state index contributed by atoms with van der Waals surface area (Å²) in [5, 5.41) is 7.82. The number of halogens is 1. The molecule has 1 saturated heterocycles. The third-order valence-corrected chi connectivity index (χ3v) is 10.2. The lowest BCUT2D eigenvalue weighted by Gasteiger charge is -2.31. The summed E-state index contributed by atoms with van der Waals surface area (Å²) in [5.41, 5.74) is 2.53. The molecule has 4 heterocycles. The first kappa shape index (κ1) is 25.8. The molecular formula is C24H25BrN6O4S2. The maximum atomic E-state index is 13.4. The number of anilines is 1. The molecule has 5 rings (SSSR count). The van der Waals surface area contributed by atoms with Crippen LogP contribution in [-0.2, 0) is 26.4 Å². The van der Waals surface area contributed by atoms with E-state index in [1.807, 2.05) is 18.2 Å². The second-order valence-corrected chi connectivity index (χ2v) is 13.7. The molecule has 1 N–H and O–H groups in total. The van der Waals surface area contributed by atoms with Crippen LogP contribution in [0.2, 0.25) is 0 Å². The summed E-state index contributed by atoms with van der Waals surface area (Å²) in [6.45, 7) is 1.08. The van der Waals surface area contributed by atoms with Crippen LogP contribution in [0, 0.1) is 0 Å². The average Bonchev–Trinajstić information content (AvgIpc) is 3.28. The fraction of sp³-hybridized carbons (Fsp3) is 0.292. The smallest absolute Gasteiger partial charge is 0.244 e. The maximum absolute atomic E-state index is 13.4. The monoisotopic (exact) mass is 604 g/mol. The summed E-state index contributed by atoms with van der Waals surface area (Å²) in [4.78, 5) is 8.61. The Morgan fingerprint density at radius 2 is 1.76 bits per heavy atom. The van der Waals surface area contributed by atoms with Crippen molar-refractivity contribution in [1.82, 2.24) is 23.9 Å². The van der Waals surface area contributed by atoms with Gasteiger partial charge in [0.2, 0.25) is 10.0 Å². The SMILES string of the molecule is CS(=O)(=O)c1ccccc1S(=O)(=O)N1CCC(c2cc(NCc3cccnc3)n3ncc(Br)c3n2)CC1. The Kier molecular flexibility index (Phi) is 7.05. The van der Waals surface area contributed by atoms with Crippen molar-refractivity contribution in [3.8, 4) is 0 Å². The topological polar surface area (TPSA) is 127 Å². The van der Waals surface area contributed by atoms with E-state index in [1.165, 1.54) is 28.6 Å². The van der Waals surface area contributed by atoms with E-state index in [0.29, 0.717) is 25.0 Å². The Labute approximate surface area is 223 Å². The molecule has 0 aliphatic carbocycles. The van der Waals surface area contributed by atoms with Crippen molar-refractivity contribution in [2.24, 2.45) is 0 Å². The third kappa shape index (κ3) is 5.26. The molecule has 1 fully saturated rings. The molecule has 13 heteroatoms. The van der Waals surface area contributed by atoms with Gasteiger partial charge in [-0.3, -0.25) is 4.98 Å². The van der Waals surface area contributed by atoms with Crippen LogP contribution >= 0.6 is 15.9 Å². The molecule has 0 amide bonds. The lowest BCUT2D eigenvalue weighted by atomic mass is 9.94. The predicted molar refractivity (Wildman–Crippen MR) is 143 cm³/mol. The standard InChI is InChI=1S/C24H25BrN6O4S2/c1-36(32,33)21-6-2-3-7-22(21)37(34,35)30-11-8-18(9-12-30)20-13-23(27-15-17-5-4-10-26-14-17)31-24(29-20)19(25)16-28-31/h2-7,10,13-14,16,18,27H,8-9,11-12,15H2,1H3. The van der Waals surface area contributed by atoms with Gasteiger partial charge >= 0.3 is 0 Å². The van der Waals surface area contributed by atoms with E-state index in [-0.39, 0.29) is 28.8 Å². The number of sulfonamides is 1. The Hall–Kier alpha value is -2.87. The Balaban J connectivity index is 1.38. The first-order chi connectivity index (χ1) is 17.6. The molecule has 0 bridgehead atoms. The highest BCUT2D eigenvalue weighted by Crippen LogP contribution is 2.33. The van der Waals surface area contributed by atoms with Crippen molar-refractivity contribution >= 4 is 47.3 Å². The van der Waals surface area contributed by atoms with E-state index in [1.54, 1.807) is 23.1 Å². The van der Waals surface area contributed by atoms with E-state index in [0.717, 1.165) is 27.8 Å². The van der Waals surface area contributed by atoms with E-state index < -0.39 is 19.9 Å². The normalized spacial score (nSPS) is 15.7. The number of rotatable bonds is 7. The van der Waals surface area contributed by atoms with Gasteiger partial charge in [0, 0.05) is 56.0 Å². The molecule has 37 heavy (non-hydrogen) atoms. The third-order valence-electron chi connectivity index (χ3n) is 6.38. The van der Waals surface area contributed by atoms with E-state index >= 15 is 0 Å². The summed E-state index contributed by atoms with van der Waals surface area (Å²) >= 11 is 3.52. The second-order valence-electron chi connectivity index (χ2n) is 8.91. The van der Waals surface area contributed by atoms with Crippen LogP contribution in [0.4, 0.5) is 5.82 Å². The second kappa shape index (κ2) is 10.1. The van der Waals surface area contributed by atoms with Gasteiger partial charge in [0.1, 0.15) is 10.7 Å². The van der Waals surface area contributed by atoms with Crippen molar-refractivity contribution in [1.29, 1.82) is 0 Å². The lowest BCUT2D eigenvalue weighted by Crippen LogP contribution is -2.38. The zero-order valence-corrected chi connectivity index (χ0v) is 23.2. The van der Waals surface area contributed by atoms with Gasteiger partial charge in [-0.1, -0.05) is 18.2 Å². The van der Waals surface area contributed by atoms with E-state index in [9.17, 15) is 16.8 Å². The molecular weight excluding hydrogens is 580 g/mol. The molecule has 10 nitrogen and oxygen atoms in total. The van der Waals surface area contributed by atoms with Crippen LogP contribution < -0.4 is 5.32 Å². The van der Waals surface area contributed by atoms with Crippen LogP contribution in [0.25, 0.3) is 5.65 Å². The highest BCUT2D eigenvalue weighted by atomic mass is 79.9. The van der Waals surface area contributed by atoms with Crippen LogP contribution in [0.5, 0.6) is 0 Å². The molecule has 1 aliphatic heterocycles. The number of sulfone groups is 1. The van der Waals surface area contributed by atoms with Gasteiger partial charge in [0.15, 0.2) is 15.5 Å².